The molecule has 2 unspecified atom stereocenters. The molecule has 2 atom stereocenters. The van der Waals surface area contributed by atoms with E-state index in [9.17, 15) is 137 Å². The molecule has 5 heterocycles. The number of fused-ring (bicyclic) bond motifs is 5. The molecule has 149 heavy (non-hydrogen) atoms. The first-order valence-corrected chi connectivity index (χ1v) is 50.2. The van der Waals surface area contributed by atoms with Gasteiger partial charge in [0.05, 0.1) is 0 Å². The molecule has 0 spiro atoms. The summed E-state index contributed by atoms with van der Waals surface area (Å²) in [6.45, 7) is 15.0. The Bertz CT molecular complexity index is 8490. The first-order valence-electron chi connectivity index (χ1n) is 43.1. The molecule has 44 heteroatoms. The van der Waals surface area contributed by atoms with Crippen molar-refractivity contribution < 1.29 is 177 Å². The second-order valence-corrected chi connectivity index (χ2v) is 42.2. The number of benzene rings is 15. The molecule has 10 N–H and O–H groups in total. The highest BCUT2D eigenvalue weighted by atomic mass is 32.2. The summed E-state index contributed by atoms with van der Waals surface area (Å²) < 4.78 is 301. The van der Waals surface area contributed by atoms with Crippen molar-refractivity contribution in [2.24, 2.45) is 0 Å². The highest BCUT2D eigenvalue weighted by Crippen LogP contribution is 2.60. The SMILES string of the molecule is Cc1c(C2(c3cc(F)c(O)c(F)c3C)OS(=O)(=O)c3ccccc32)cc(F)c(O)c1F.Cc1cc(O)c(F)cc1C1(c2cc(F)c(O)c(F)c2C)OS(=O)(=O)c2ccccc21.Cc1cc(O)c(F)cc1C1(c2cc(F)c(O)cc2C)OS(=O)(=O)c2ccccc21.Cc1cc(O)ccc1C1(c2cc(F)c(O)cc2C)OS(=O)(=O)c2ccccc21.Cc1cc(O)ccc1C1(c2ccc(O)cc2C)OS(=O)(=O)c2ccccc21.F.F.F.F. The Labute approximate surface area is 841 Å². The van der Waals surface area contributed by atoms with E-state index in [1.165, 1.54) is 123 Å². The first-order chi connectivity index (χ1) is 67.9. The summed E-state index contributed by atoms with van der Waals surface area (Å²) >= 11 is 0. The summed E-state index contributed by atoms with van der Waals surface area (Å²) in [4.78, 5) is -0.621. The number of hydrogen-bond acceptors (Lipinski definition) is 25. The van der Waals surface area contributed by atoms with E-state index in [4.69, 9.17) is 20.9 Å². The summed E-state index contributed by atoms with van der Waals surface area (Å²) in [5, 5.41) is 97.3. The van der Waals surface area contributed by atoms with Gasteiger partial charge >= 0.3 is 0 Å². The van der Waals surface area contributed by atoms with E-state index < -0.39 is 199 Å². The van der Waals surface area contributed by atoms with Crippen LogP contribution in [0.1, 0.15) is 139 Å². The van der Waals surface area contributed by atoms with Crippen LogP contribution in [-0.4, -0.2) is 93.2 Å². The molecule has 5 aliphatic rings. The standard InChI is InChI=1S/C21H14F4O5S.C21H15F3O5S.C21H16F2O5S.C21H17FO5S.C21H18O5S.4FH/c1-9-12(7-14(22)19(26)17(9)24)21(13-8-15(23)20(27)18(25)10(13)2)11-5-3-4-6-16(11)31(28,29)30-21;1-10-7-17(25)15(22)8-13(10)21(14-9-16(23)20(26)19(24)11(14)2)12-5-3-4-6-18(12)30(27,28)29-21;1-11-7-18(24)16(22)9-14(11)21(15-10-17(23)19(25)8-12(15)2)13-5-3-4-6-20(13)29(26,27)28-21;1-12-9-14(23)7-8-15(12)21(17-11-18(22)19(24)10-13(17)2)16-5-3-4-6-20(16)28(25,26)27-21;1-13-11-15(22)7-9-17(13)21(18-10-8-16(23)12-14(18)2)19-5-3-4-6-20(19)27(24,25)26-21;;;;/h3-8,26-27H,1-2H3;3-9,25-26H,1-2H3;3-10,24-25H,1-2H3;3-11,23-24H,1-2H3;3-12,22-23H,1-2H3;4*1H. The van der Waals surface area contributed by atoms with E-state index in [0.29, 0.717) is 73.3 Å². The largest absolute Gasteiger partial charge is 0.508 e. The number of aromatic hydroxyl groups is 10. The van der Waals surface area contributed by atoms with Crippen molar-refractivity contribution in [1.82, 2.24) is 0 Å². The second kappa shape index (κ2) is 40.2. The fourth-order valence-corrected chi connectivity index (χ4v) is 26.4. The lowest BCUT2D eigenvalue weighted by molar-refractivity contribution is 0.175. The van der Waals surface area contributed by atoms with Gasteiger partial charge in [0.2, 0.25) is 0 Å². The minimum atomic E-state index is -4.53. The third-order valence-corrected chi connectivity index (χ3v) is 32.6. The highest BCUT2D eigenvalue weighted by Gasteiger charge is 2.60. The van der Waals surface area contributed by atoms with Gasteiger partial charge in [-0.2, -0.15) is 42.1 Å². The van der Waals surface area contributed by atoms with Gasteiger partial charge in [-0.3, -0.25) is 18.8 Å². The monoisotopic (exact) mass is 2170 g/mol. The van der Waals surface area contributed by atoms with Gasteiger partial charge in [0, 0.05) is 66.8 Å². The van der Waals surface area contributed by atoms with Gasteiger partial charge < -0.3 is 51.1 Å². The summed E-state index contributed by atoms with van der Waals surface area (Å²) in [5.41, 5.74) is -5.45. The normalized spacial score (nSPS) is 17.4. The summed E-state index contributed by atoms with van der Waals surface area (Å²) in [5.74, 6) is -18.3. The van der Waals surface area contributed by atoms with E-state index >= 15 is 0 Å². The van der Waals surface area contributed by atoms with Crippen LogP contribution in [0, 0.1) is 127 Å². The summed E-state index contributed by atoms with van der Waals surface area (Å²) in [7, 11) is -21.3. The molecule has 15 aromatic carbocycles. The maximum atomic E-state index is 14.6. The number of halogens is 14. The molecule has 0 aliphatic carbocycles. The van der Waals surface area contributed by atoms with Crippen molar-refractivity contribution >= 4 is 50.6 Å². The predicted molar refractivity (Wildman–Crippen MR) is 511 cm³/mol. The molecular formula is C105H84F14O25S5. The number of aryl methyl sites for hydroxylation is 7. The smallest absolute Gasteiger partial charge is 0.298 e. The van der Waals surface area contributed by atoms with Crippen LogP contribution in [-0.2, 0) is 99.5 Å². The number of phenols is 10. The van der Waals surface area contributed by atoms with E-state index in [1.54, 1.807) is 114 Å². The van der Waals surface area contributed by atoms with Crippen molar-refractivity contribution in [2.45, 2.75) is 122 Å². The van der Waals surface area contributed by atoms with Gasteiger partial charge in [-0.15, -0.1) is 0 Å². The first kappa shape index (κ1) is 113. The van der Waals surface area contributed by atoms with Crippen LogP contribution >= 0.6 is 0 Å². The topological polar surface area (TPSA) is 419 Å². The van der Waals surface area contributed by atoms with Gasteiger partial charge in [0.25, 0.3) is 50.6 Å². The van der Waals surface area contributed by atoms with Crippen molar-refractivity contribution in [3.05, 3.63) is 440 Å². The molecule has 782 valence electrons. The fraction of sp³-hybridized carbons (Fsp3) is 0.143. The third kappa shape index (κ3) is 18.3. The number of rotatable bonds is 10. The van der Waals surface area contributed by atoms with E-state index in [0.717, 1.165) is 62.4 Å². The van der Waals surface area contributed by atoms with Crippen molar-refractivity contribution in [3.8, 4) is 57.5 Å². The van der Waals surface area contributed by atoms with Gasteiger partial charge in [-0.05, 0) is 275 Å². The van der Waals surface area contributed by atoms with Crippen LogP contribution in [0.25, 0.3) is 0 Å². The van der Waals surface area contributed by atoms with Crippen LogP contribution in [0.4, 0.5) is 62.7 Å². The Kier molecular flexibility index (Phi) is 30.4. The van der Waals surface area contributed by atoms with E-state index in [-0.39, 0.29) is 116 Å². The number of hydrogen-bond donors (Lipinski definition) is 10. The van der Waals surface area contributed by atoms with Crippen LogP contribution in [0.5, 0.6) is 57.5 Å². The third-order valence-electron chi connectivity index (χ3n) is 25.8. The minimum Gasteiger partial charge on any atom is -0.508 e. The highest BCUT2D eigenvalue weighted by molar-refractivity contribution is 7.88. The van der Waals surface area contributed by atoms with Crippen LogP contribution in [0.15, 0.2) is 267 Å². The molecule has 20 rings (SSSR count). The van der Waals surface area contributed by atoms with Gasteiger partial charge in [0.1, 0.15) is 41.7 Å². The molecule has 0 fully saturated rings. The molecular weight excluding hydrogens is 2090 g/mol. The maximum absolute atomic E-state index is 14.6. The molecule has 0 saturated heterocycles. The lowest BCUT2D eigenvalue weighted by Gasteiger charge is -2.32. The zero-order valence-electron chi connectivity index (χ0n) is 78.6. The quantitative estimate of drug-likeness (QED) is 0.0449. The summed E-state index contributed by atoms with van der Waals surface area (Å²) in [6, 6.07) is 54.4. The minimum absolute atomic E-state index is 0. The average molecular weight is 2170 g/mol. The van der Waals surface area contributed by atoms with Crippen molar-refractivity contribution in [2.75, 3.05) is 0 Å². The molecule has 0 amide bonds. The molecule has 0 radical (unpaired) electrons. The van der Waals surface area contributed by atoms with E-state index in [2.05, 4.69) is 0 Å². The van der Waals surface area contributed by atoms with Crippen LogP contribution < -0.4 is 0 Å². The van der Waals surface area contributed by atoms with Crippen molar-refractivity contribution in [1.29, 1.82) is 0 Å². The fourth-order valence-electron chi connectivity index (χ4n) is 19.3. The average Bonchev–Trinajstić information content (AvgIpc) is 1.60. The molecule has 5 aliphatic heterocycles. The molecule has 0 bridgehead atoms. The zero-order chi connectivity index (χ0) is 106. The van der Waals surface area contributed by atoms with Crippen LogP contribution in [0.3, 0.4) is 0 Å². The number of phenolic OH excluding ortho intramolecular Hbond substituents is 10. The Balaban J connectivity index is 0.000000164. The summed E-state index contributed by atoms with van der Waals surface area (Å²) in [6.07, 6.45) is 0. The maximum Gasteiger partial charge on any atom is 0.298 e. The zero-order valence-corrected chi connectivity index (χ0v) is 82.7. The Morgan fingerprint density at radius 1 is 0.195 bits per heavy atom. The van der Waals surface area contributed by atoms with E-state index in [1.807, 2.05) is 0 Å². The molecule has 25 nitrogen and oxygen atoms in total. The van der Waals surface area contributed by atoms with Crippen molar-refractivity contribution in [3.63, 3.8) is 0 Å². The Morgan fingerprint density at radius 2 is 0.356 bits per heavy atom. The lowest BCUT2D eigenvalue weighted by Crippen LogP contribution is -2.32. The van der Waals surface area contributed by atoms with Gasteiger partial charge in [0.15, 0.2) is 126 Å². The lowest BCUT2D eigenvalue weighted by atomic mass is 9.76. The molecule has 0 saturated carbocycles. The second-order valence-electron chi connectivity index (χ2n) is 34.6. The Morgan fingerprint density at radius 3 is 0.557 bits per heavy atom. The van der Waals surface area contributed by atoms with Crippen LogP contribution in [0.2, 0.25) is 0 Å². The predicted octanol–water partition coefficient (Wildman–Crippen LogP) is 20.6. The molecule has 15 aromatic rings. The Hall–Kier alpha value is -15.1. The van der Waals surface area contributed by atoms with Gasteiger partial charge in [-0.1, -0.05) is 109 Å². The van der Waals surface area contributed by atoms with Gasteiger partial charge in [-0.25, -0.2) is 64.8 Å². The molecule has 0 aromatic heterocycles.